The van der Waals surface area contributed by atoms with E-state index in [1.54, 1.807) is 7.11 Å². The predicted molar refractivity (Wildman–Crippen MR) is 74.1 cm³/mol. The number of hydrogen-bond acceptors (Lipinski definition) is 2. The van der Waals surface area contributed by atoms with Crippen LogP contribution in [0.5, 0.6) is 5.75 Å². The molecule has 1 aromatic rings. The van der Waals surface area contributed by atoms with Gasteiger partial charge in [0.1, 0.15) is 5.75 Å². The molecule has 1 saturated heterocycles. The SMILES string of the molecule is COc1cccc(C23CCCC2CN(C)CC3)c1. The van der Waals surface area contributed by atoms with Crippen LogP contribution in [0.1, 0.15) is 31.2 Å². The first-order valence-corrected chi connectivity index (χ1v) is 7.08. The van der Waals surface area contributed by atoms with E-state index in [1.165, 1.54) is 44.3 Å². The Morgan fingerprint density at radius 3 is 3.06 bits per heavy atom. The number of hydrogen-bond donors (Lipinski definition) is 0. The van der Waals surface area contributed by atoms with E-state index >= 15 is 0 Å². The lowest BCUT2D eigenvalue weighted by atomic mass is 9.68. The van der Waals surface area contributed by atoms with Gasteiger partial charge in [0.25, 0.3) is 0 Å². The van der Waals surface area contributed by atoms with Crippen LogP contribution in [-0.4, -0.2) is 32.1 Å². The van der Waals surface area contributed by atoms with E-state index in [2.05, 4.69) is 36.2 Å². The van der Waals surface area contributed by atoms with Crippen LogP contribution in [0.3, 0.4) is 0 Å². The first-order chi connectivity index (χ1) is 8.74. The standard InChI is InChI=1S/C16H23NO/c1-17-10-9-16(8-4-6-14(16)12-17)13-5-3-7-15(11-13)18-2/h3,5,7,11,14H,4,6,8-10,12H2,1-2H3. The summed E-state index contributed by atoms with van der Waals surface area (Å²) in [5.74, 6) is 1.84. The minimum Gasteiger partial charge on any atom is -0.497 e. The van der Waals surface area contributed by atoms with E-state index in [4.69, 9.17) is 4.74 Å². The molecule has 1 heterocycles. The zero-order valence-electron chi connectivity index (χ0n) is 11.5. The van der Waals surface area contributed by atoms with E-state index in [0.29, 0.717) is 5.41 Å². The Morgan fingerprint density at radius 2 is 2.22 bits per heavy atom. The second-order valence-corrected chi connectivity index (χ2v) is 5.99. The maximum absolute atomic E-state index is 5.40. The number of fused-ring (bicyclic) bond motifs is 1. The maximum atomic E-state index is 5.40. The average molecular weight is 245 g/mol. The third-order valence-electron chi connectivity index (χ3n) is 5.07. The lowest BCUT2D eigenvalue weighted by molar-refractivity contribution is 0.133. The van der Waals surface area contributed by atoms with Gasteiger partial charge in [0.15, 0.2) is 0 Å². The van der Waals surface area contributed by atoms with Gasteiger partial charge >= 0.3 is 0 Å². The van der Waals surface area contributed by atoms with E-state index in [-0.39, 0.29) is 0 Å². The molecule has 0 spiro atoms. The Labute approximate surface area is 110 Å². The van der Waals surface area contributed by atoms with Gasteiger partial charge in [-0.25, -0.2) is 0 Å². The first-order valence-electron chi connectivity index (χ1n) is 7.08. The largest absolute Gasteiger partial charge is 0.497 e. The zero-order chi connectivity index (χ0) is 12.6. The number of methoxy groups -OCH3 is 1. The van der Waals surface area contributed by atoms with Crippen molar-refractivity contribution in [2.75, 3.05) is 27.2 Å². The molecule has 2 heteroatoms. The summed E-state index contributed by atoms with van der Waals surface area (Å²) >= 11 is 0. The van der Waals surface area contributed by atoms with Crippen molar-refractivity contribution in [3.05, 3.63) is 29.8 Å². The molecule has 0 aromatic heterocycles. The van der Waals surface area contributed by atoms with Gasteiger partial charge in [-0.3, -0.25) is 0 Å². The maximum Gasteiger partial charge on any atom is 0.119 e. The van der Waals surface area contributed by atoms with Gasteiger partial charge in [-0.15, -0.1) is 0 Å². The summed E-state index contributed by atoms with van der Waals surface area (Å²) in [7, 11) is 4.02. The van der Waals surface area contributed by atoms with Crippen molar-refractivity contribution in [1.29, 1.82) is 0 Å². The zero-order valence-corrected chi connectivity index (χ0v) is 11.5. The summed E-state index contributed by atoms with van der Waals surface area (Å²) < 4.78 is 5.40. The molecule has 2 atom stereocenters. The quantitative estimate of drug-likeness (QED) is 0.794. The smallest absolute Gasteiger partial charge is 0.119 e. The number of nitrogens with zero attached hydrogens (tertiary/aromatic N) is 1. The number of piperidine rings is 1. The van der Waals surface area contributed by atoms with Crippen LogP contribution in [0, 0.1) is 5.92 Å². The lowest BCUT2D eigenvalue weighted by Gasteiger charge is -2.44. The summed E-state index contributed by atoms with van der Waals surface area (Å²) in [4.78, 5) is 2.49. The third kappa shape index (κ3) is 1.83. The van der Waals surface area contributed by atoms with Crippen LogP contribution in [0.4, 0.5) is 0 Å². The molecule has 2 unspecified atom stereocenters. The van der Waals surface area contributed by atoms with Crippen LogP contribution in [0.2, 0.25) is 0 Å². The molecule has 1 saturated carbocycles. The van der Waals surface area contributed by atoms with Gasteiger partial charge in [0, 0.05) is 12.0 Å². The second-order valence-electron chi connectivity index (χ2n) is 5.99. The van der Waals surface area contributed by atoms with Gasteiger partial charge in [0.2, 0.25) is 0 Å². The normalized spacial score (nSPS) is 32.2. The molecule has 1 aromatic carbocycles. The molecule has 0 N–H and O–H groups in total. The van der Waals surface area contributed by atoms with Crippen LogP contribution in [0.15, 0.2) is 24.3 Å². The third-order valence-corrected chi connectivity index (χ3v) is 5.07. The van der Waals surface area contributed by atoms with Gasteiger partial charge < -0.3 is 9.64 Å². The lowest BCUT2D eigenvalue weighted by Crippen LogP contribution is -2.45. The number of rotatable bonds is 2. The van der Waals surface area contributed by atoms with Crippen LogP contribution in [-0.2, 0) is 5.41 Å². The highest BCUT2D eigenvalue weighted by Gasteiger charge is 2.46. The molecule has 1 aliphatic carbocycles. The first kappa shape index (κ1) is 12.0. The average Bonchev–Trinajstić information content (AvgIpc) is 2.83. The van der Waals surface area contributed by atoms with Gasteiger partial charge in [-0.1, -0.05) is 18.6 Å². The highest BCUT2D eigenvalue weighted by atomic mass is 16.5. The van der Waals surface area contributed by atoms with E-state index in [0.717, 1.165) is 11.7 Å². The summed E-state index contributed by atoms with van der Waals surface area (Å²) in [5, 5.41) is 0. The van der Waals surface area contributed by atoms with Gasteiger partial charge in [-0.2, -0.15) is 0 Å². The Morgan fingerprint density at radius 1 is 1.33 bits per heavy atom. The number of ether oxygens (including phenoxy) is 1. The van der Waals surface area contributed by atoms with Crippen molar-refractivity contribution >= 4 is 0 Å². The highest BCUT2D eigenvalue weighted by molar-refractivity contribution is 5.36. The molecule has 18 heavy (non-hydrogen) atoms. The summed E-state index contributed by atoms with van der Waals surface area (Å²) in [6, 6.07) is 8.78. The molecular weight excluding hydrogens is 222 g/mol. The van der Waals surface area contributed by atoms with Gasteiger partial charge in [0.05, 0.1) is 7.11 Å². The van der Waals surface area contributed by atoms with Crippen molar-refractivity contribution in [2.24, 2.45) is 5.92 Å². The Hall–Kier alpha value is -1.02. The number of benzene rings is 1. The van der Waals surface area contributed by atoms with Gasteiger partial charge in [-0.05, 0) is 56.5 Å². The Kier molecular flexibility index (Phi) is 3.06. The fourth-order valence-corrected chi connectivity index (χ4v) is 4.05. The second kappa shape index (κ2) is 4.58. The van der Waals surface area contributed by atoms with E-state index in [9.17, 15) is 0 Å². The molecule has 2 aliphatic rings. The van der Waals surface area contributed by atoms with E-state index in [1.807, 2.05) is 0 Å². The summed E-state index contributed by atoms with van der Waals surface area (Å²) in [5.41, 5.74) is 1.94. The molecule has 0 amide bonds. The monoisotopic (exact) mass is 245 g/mol. The topological polar surface area (TPSA) is 12.5 Å². The summed E-state index contributed by atoms with van der Waals surface area (Å²) in [6.07, 6.45) is 5.44. The fraction of sp³-hybridized carbons (Fsp3) is 0.625. The molecule has 2 fully saturated rings. The summed E-state index contributed by atoms with van der Waals surface area (Å²) in [6.45, 7) is 2.49. The highest BCUT2D eigenvalue weighted by Crippen LogP contribution is 2.50. The molecule has 2 nitrogen and oxygen atoms in total. The van der Waals surface area contributed by atoms with Crippen molar-refractivity contribution in [1.82, 2.24) is 4.90 Å². The van der Waals surface area contributed by atoms with E-state index < -0.39 is 0 Å². The minimum atomic E-state index is 0.432. The number of likely N-dealkylation sites (tertiary alicyclic amines) is 1. The molecule has 0 radical (unpaired) electrons. The molecule has 3 rings (SSSR count). The minimum absolute atomic E-state index is 0.432. The molecule has 0 bridgehead atoms. The predicted octanol–water partition coefficient (Wildman–Crippen LogP) is 3.07. The van der Waals surface area contributed by atoms with Crippen LogP contribution < -0.4 is 4.74 Å². The van der Waals surface area contributed by atoms with Crippen molar-refractivity contribution in [3.63, 3.8) is 0 Å². The molecule has 1 aliphatic heterocycles. The van der Waals surface area contributed by atoms with Crippen molar-refractivity contribution in [3.8, 4) is 5.75 Å². The van der Waals surface area contributed by atoms with Crippen LogP contribution in [0.25, 0.3) is 0 Å². The van der Waals surface area contributed by atoms with Crippen LogP contribution >= 0.6 is 0 Å². The van der Waals surface area contributed by atoms with Crippen molar-refractivity contribution in [2.45, 2.75) is 31.1 Å². The fourth-order valence-electron chi connectivity index (χ4n) is 4.05. The molecule has 98 valence electrons. The Balaban J connectivity index is 1.97. The molecular formula is C16H23NO. The Bertz CT molecular complexity index is 431. The van der Waals surface area contributed by atoms with Crippen molar-refractivity contribution < 1.29 is 4.74 Å².